The van der Waals surface area contributed by atoms with Gasteiger partial charge in [0.1, 0.15) is 5.82 Å². The topological polar surface area (TPSA) is 12.5 Å². The van der Waals surface area contributed by atoms with E-state index in [2.05, 4.69) is 63.8 Å². The predicted molar refractivity (Wildman–Crippen MR) is 133 cm³/mol. The standard InChI is InChI=1S/C29H42FNO/c1-21(2)17-31(18-23(5)22(3)4)19-24-10-12-25(13-11-24)26-14-15-27(29(30)16-26)20-32-28-8-6-7-9-28/h10-16,21-23,28H,6-9,17-20H2,1-5H3/t23-/m1/s1. The van der Waals surface area contributed by atoms with Crippen molar-refractivity contribution in [2.24, 2.45) is 17.8 Å². The Kier molecular flexibility index (Phi) is 9.31. The number of hydrogen-bond donors (Lipinski definition) is 0. The first-order valence-corrected chi connectivity index (χ1v) is 12.5. The molecule has 1 aliphatic carbocycles. The van der Waals surface area contributed by atoms with Gasteiger partial charge in [-0.2, -0.15) is 0 Å². The summed E-state index contributed by atoms with van der Waals surface area (Å²) >= 11 is 0. The number of nitrogens with zero attached hydrogens (tertiary/aromatic N) is 1. The number of hydrogen-bond acceptors (Lipinski definition) is 2. The lowest BCUT2D eigenvalue weighted by molar-refractivity contribution is 0.0441. The molecule has 32 heavy (non-hydrogen) atoms. The Morgan fingerprint density at radius 3 is 2.16 bits per heavy atom. The predicted octanol–water partition coefficient (Wildman–Crippen LogP) is 7.70. The Morgan fingerprint density at radius 1 is 0.906 bits per heavy atom. The van der Waals surface area contributed by atoms with Crippen molar-refractivity contribution in [1.29, 1.82) is 0 Å². The molecule has 3 heteroatoms. The minimum atomic E-state index is -0.171. The quantitative estimate of drug-likeness (QED) is 0.356. The zero-order valence-electron chi connectivity index (χ0n) is 20.7. The highest BCUT2D eigenvalue weighted by atomic mass is 19.1. The van der Waals surface area contributed by atoms with Gasteiger partial charge in [-0.1, -0.05) is 83.9 Å². The number of benzene rings is 2. The third kappa shape index (κ3) is 7.42. The van der Waals surface area contributed by atoms with Crippen LogP contribution in [0, 0.1) is 23.6 Å². The third-order valence-electron chi connectivity index (χ3n) is 6.83. The summed E-state index contributed by atoms with van der Waals surface area (Å²) in [5.74, 6) is 1.84. The summed E-state index contributed by atoms with van der Waals surface area (Å²) in [4.78, 5) is 2.57. The van der Waals surface area contributed by atoms with Gasteiger partial charge in [-0.3, -0.25) is 4.90 Å². The van der Waals surface area contributed by atoms with Crippen LogP contribution in [0.1, 0.15) is 71.4 Å². The van der Waals surface area contributed by atoms with Crippen molar-refractivity contribution >= 4 is 0 Å². The Hall–Kier alpha value is -1.71. The molecule has 176 valence electrons. The number of rotatable bonds is 11. The molecule has 0 bridgehead atoms. The maximum absolute atomic E-state index is 14.7. The molecule has 1 atom stereocenters. The lowest BCUT2D eigenvalue weighted by Gasteiger charge is -2.29. The van der Waals surface area contributed by atoms with Crippen molar-refractivity contribution in [2.75, 3.05) is 13.1 Å². The smallest absolute Gasteiger partial charge is 0.129 e. The highest BCUT2D eigenvalue weighted by Crippen LogP contribution is 2.26. The molecule has 1 aliphatic rings. The number of ether oxygens (including phenoxy) is 1. The highest BCUT2D eigenvalue weighted by molar-refractivity contribution is 5.64. The van der Waals surface area contributed by atoms with Gasteiger partial charge >= 0.3 is 0 Å². The van der Waals surface area contributed by atoms with Crippen molar-refractivity contribution in [3.8, 4) is 11.1 Å². The van der Waals surface area contributed by atoms with Crippen molar-refractivity contribution in [3.63, 3.8) is 0 Å². The monoisotopic (exact) mass is 439 g/mol. The van der Waals surface area contributed by atoms with Crippen LogP contribution in [0.15, 0.2) is 42.5 Å². The second kappa shape index (κ2) is 12.0. The zero-order chi connectivity index (χ0) is 23.1. The van der Waals surface area contributed by atoms with Crippen LogP contribution in [0.5, 0.6) is 0 Å². The van der Waals surface area contributed by atoms with E-state index in [0.717, 1.165) is 43.6 Å². The van der Waals surface area contributed by atoms with E-state index < -0.39 is 0 Å². The first-order chi connectivity index (χ1) is 15.3. The van der Waals surface area contributed by atoms with Gasteiger partial charge in [0.2, 0.25) is 0 Å². The summed E-state index contributed by atoms with van der Waals surface area (Å²) in [5.41, 5.74) is 3.95. The summed E-state index contributed by atoms with van der Waals surface area (Å²) in [6, 6.07) is 14.2. The molecule has 0 spiro atoms. The van der Waals surface area contributed by atoms with E-state index in [1.54, 1.807) is 6.07 Å². The Balaban J connectivity index is 1.62. The maximum atomic E-state index is 14.7. The molecule has 0 heterocycles. The molecular weight excluding hydrogens is 397 g/mol. The summed E-state index contributed by atoms with van der Waals surface area (Å²) in [6.07, 6.45) is 4.98. The molecule has 0 saturated heterocycles. The lowest BCUT2D eigenvalue weighted by atomic mass is 9.96. The van der Waals surface area contributed by atoms with E-state index in [4.69, 9.17) is 4.74 Å². The first-order valence-electron chi connectivity index (χ1n) is 12.5. The first kappa shape index (κ1) is 24.9. The van der Waals surface area contributed by atoms with Gasteiger partial charge in [-0.15, -0.1) is 0 Å². The van der Waals surface area contributed by atoms with Crippen LogP contribution in [0.25, 0.3) is 11.1 Å². The molecule has 2 nitrogen and oxygen atoms in total. The van der Waals surface area contributed by atoms with Crippen LogP contribution in [0.4, 0.5) is 4.39 Å². The molecule has 0 radical (unpaired) electrons. The van der Waals surface area contributed by atoms with E-state index in [0.29, 0.717) is 36.0 Å². The maximum Gasteiger partial charge on any atom is 0.129 e. The molecule has 0 aromatic heterocycles. The molecule has 0 aliphatic heterocycles. The van der Waals surface area contributed by atoms with E-state index in [9.17, 15) is 4.39 Å². The third-order valence-corrected chi connectivity index (χ3v) is 6.83. The summed E-state index contributed by atoms with van der Waals surface area (Å²) in [5, 5.41) is 0. The minimum absolute atomic E-state index is 0.171. The fourth-order valence-corrected chi connectivity index (χ4v) is 4.51. The van der Waals surface area contributed by atoms with Crippen LogP contribution in [0.3, 0.4) is 0 Å². The van der Waals surface area contributed by atoms with Crippen molar-refractivity contribution in [3.05, 3.63) is 59.4 Å². The molecule has 3 rings (SSSR count). The van der Waals surface area contributed by atoms with Gasteiger partial charge in [-0.25, -0.2) is 4.39 Å². The normalized spacial score (nSPS) is 15.9. The van der Waals surface area contributed by atoms with Crippen molar-refractivity contribution < 1.29 is 9.13 Å². The van der Waals surface area contributed by atoms with Gasteiger partial charge in [0.05, 0.1) is 12.7 Å². The van der Waals surface area contributed by atoms with E-state index in [1.165, 1.54) is 18.4 Å². The Labute approximate surface area is 195 Å². The van der Waals surface area contributed by atoms with Crippen LogP contribution in [-0.2, 0) is 17.9 Å². The molecule has 0 unspecified atom stereocenters. The van der Waals surface area contributed by atoms with Gasteiger partial charge in [0, 0.05) is 25.2 Å². The average Bonchev–Trinajstić information content (AvgIpc) is 3.26. The summed E-state index contributed by atoms with van der Waals surface area (Å²) in [6.45, 7) is 15.1. The second-order valence-corrected chi connectivity index (χ2v) is 10.5. The fraction of sp³-hybridized carbons (Fsp3) is 0.586. The summed E-state index contributed by atoms with van der Waals surface area (Å²) < 4.78 is 20.6. The van der Waals surface area contributed by atoms with E-state index in [-0.39, 0.29) is 5.82 Å². The molecule has 0 amide bonds. The van der Waals surface area contributed by atoms with E-state index >= 15 is 0 Å². The van der Waals surface area contributed by atoms with Crippen molar-refractivity contribution in [2.45, 2.75) is 79.6 Å². The van der Waals surface area contributed by atoms with Gasteiger partial charge < -0.3 is 4.74 Å². The molecule has 2 aromatic rings. The minimum Gasteiger partial charge on any atom is -0.373 e. The lowest BCUT2D eigenvalue weighted by Crippen LogP contribution is -2.33. The van der Waals surface area contributed by atoms with E-state index in [1.807, 2.05) is 12.1 Å². The van der Waals surface area contributed by atoms with Crippen LogP contribution >= 0.6 is 0 Å². The highest BCUT2D eigenvalue weighted by Gasteiger charge is 2.17. The molecule has 0 N–H and O–H groups in total. The second-order valence-electron chi connectivity index (χ2n) is 10.5. The Morgan fingerprint density at radius 2 is 1.56 bits per heavy atom. The molecule has 2 aromatic carbocycles. The fourth-order valence-electron chi connectivity index (χ4n) is 4.51. The van der Waals surface area contributed by atoms with Gasteiger partial charge in [-0.05, 0) is 53.4 Å². The molecule has 1 fully saturated rings. The van der Waals surface area contributed by atoms with Crippen LogP contribution < -0.4 is 0 Å². The van der Waals surface area contributed by atoms with Gasteiger partial charge in [0.25, 0.3) is 0 Å². The molecule has 1 saturated carbocycles. The summed E-state index contributed by atoms with van der Waals surface area (Å²) in [7, 11) is 0. The zero-order valence-corrected chi connectivity index (χ0v) is 20.7. The van der Waals surface area contributed by atoms with Gasteiger partial charge in [0.15, 0.2) is 0 Å². The average molecular weight is 440 g/mol. The molecular formula is C29H42FNO. The van der Waals surface area contributed by atoms with Crippen molar-refractivity contribution in [1.82, 2.24) is 4.90 Å². The number of halogens is 1. The van der Waals surface area contributed by atoms with Crippen LogP contribution in [0.2, 0.25) is 0 Å². The SMILES string of the molecule is CC(C)CN(Cc1ccc(-c2ccc(COC3CCCC3)c(F)c2)cc1)C[C@@H](C)C(C)C. The largest absolute Gasteiger partial charge is 0.373 e. The Bertz CT molecular complexity index is 824. The van der Waals surface area contributed by atoms with Crippen LogP contribution in [-0.4, -0.2) is 24.1 Å².